The lowest BCUT2D eigenvalue weighted by molar-refractivity contribution is -0.870. The maximum Gasteiger partial charge on any atom is 0.472 e. The molecule has 0 aromatic heterocycles. The summed E-state index contributed by atoms with van der Waals surface area (Å²) in [4.78, 5) is 10.0. The molecule has 0 amide bonds. The van der Waals surface area contributed by atoms with Gasteiger partial charge < -0.3 is 9.38 Å². The fourth-order valence-corrected chi connectivity index (χ4v) is 6.42. The van der Waals surface area contributed by atoms with Gasteiger partial charge in [0.25, 0.3) is 0 Å². The van der Waals surface area contributed by atoms with Gasteiger partial charge in [-0.25, -0.2) is 17.7 Å². The van der Waals surface area contributed by atoms with Crippen LogP contribution in [0.5, 0.6) is 0 Å². The molecule has 0 saturated heterocycles. The van der Waals surface area contributed by atoms with Gasteiger partial charge in [-0.1, -0.05) is 90.4 Å². The predicted molar refractivity (Wildman–Crippen MR) is 163 cm³/mol. The molecule has 0 aromatic carbocycles. The van der Waals surface area contributed by atoms with E-state index in [0.717, 1.165) is 24.2 Å². The number of unbranched alkanes of at least 4 members (excludes halogenated alkanes) is 13. The minimum atomic E-state index is -4.13. The average molecular weight is 604 g/mol. The Labute approximate surface area is 239 Å². The molecule has 0 saturated carbocycles. The number of nitrogens with zero attached hydrogens (tertiary/aromatic N) is 1. The molecule has 0 radical (unpaired) electrons. The van der Waals surface area contributed by atoms with Gasteiger partial charge >= 0.3 is 7.82 Å². The Morgan fingerprint density at radius 3 is 1.84 bits per heavy atom. The minimum Gasteiger partial charge on any atom is -0.329 e. The molecule has 11 heteroatoms. The first-order valence-corrected chi connectivity index (χ1v) is 19.3. The van der Waals surface area contributed by atoms with E-state index in [1.807, 2.05) is 21.1 Å². The van der Waals surface area contributed by atoms with Gasteiger partial charge in [-0.3, -0.25) is 9.05 Å². The standard InChI is InChI=1S/C27H59N2O6PS2/c1-6-7-8-9-10-11-12-13-14-15-16-17-18-19-24-37-26-27(20-21-28-38(5,32)33)25-35-36(30,31)34-23-22-29(2,3)4/h27-28H,6-26H2,1-5H3/p+1. The topological polar surface area (TPSA) is 102 Å². The monoisotopic (exact) mass is 603 g/mol. The van der Waals surface area contributed by atoms with E-state index in [-0.39, 0.29) is 25.7 Å². The van der Waals surface area contributed by atoms with E-state index >= 15 is 0 Å². The number of phosphoric ester groups is 1. The van der Waals surface area contributed by atoms with Crippen LogP contribution in [0, 0.1) is 5.92 Å². The van der Waals surface area contributed by atoms with Crippen LogP contribution >= 0.6 is 19.6 Å². The number of nitrogens with one attached hydrogen (secondary N) is 1. The second kappa shape index (κ2) is 23.0. The summed E-state index contributed by atoms with van der Waals surface area (Å²) in [6, 6.07) is 0. The van der Waals surface area contributed by atoms with Crippen LogP contribution in [0.2, 0.25) is 0 Å². The molecule has 0 heterocycles. The van der Waals surface area contributed by atoms with Gasteiger partial charge in [0.1, 0.15) is 13.2 Å². The minimum absolute atomic E-state index is 0.0385. The van der Waals surface area contributed by atoms with Crippen molar-refractivity contribution in [2.45, 2.75) is 103 Å². The van der Waals surface area contributed by atoms with Gasteiger partial charge in [0.15, 0.2) is 0 Å². The van der Waals surface area contributed by atoms with Crippen LogP contribution in [0.15, 0.2) is 0 Å². The highest BCUT2D eigenvalue weighted by atomic mass is 32.2. The van der Waals surface area contributed by atoms with Crippen LogP contribution in [0.4, 0.5) is 0 Å². The summed E-state index contributed by atoms with van der Waals surface area (Å²) >= 11 is 1.80. The fraction of sp³-hybridized carbons (Fsp3) is 1.00. The number of sulfonamides is 1. The van der Waals surface area contributed by atoms with Crippen molar-refractivity contribution in [3.8, 4) is 0 Å². The summed E-state index contributed by atoms with van der Waals surface area (Å²) in [5, 5.41) is 0. The lowest BCUT2D eigenvalue weighted by atomic mass is 10.0. The average Bonchev–Trinajstić information content (AvgIpc) is 2.80. The first-order chi connectivity index (χ1) is 17.8. The molecule has 0 fully saturated rings. The Morgan fingerprint density at radius 2 is 1.37 bits per heavy atom. The molecule has 8 nitrogen and oxygen atoms in total. The molecule has 0 aliphatic carbocycles. The Bertz CT molecular complexity index is 704. The third-order valence-electron chi connectivity index (χ3n) is 6.40. The Hall–Kier alpha value is 0.330. The summed E-state index contributed by atoms with van der Waals surface area (Å²) in [5.74, 6) is 1.75. The zero-order valence-corrected chi connectivity index (χ0v) is 27.7. The van der Waals surface area contributed by atoms with Gasteiger partial charge in [-0.05, 0) is 30.3 Å². The van der Waals surface area contributed by atoms with E-state index < -0.39 is 17.8 Å². The van der Waals surface area contributed by atoms with Crippen LogP contribution in [-0.2, 0) is 23.6 Å². The number of likely N-dealkylation sites (N-methyl/N-ethyl adjacent to an activating group) is 1. The van der Waals surface area contributed by atoms with Crippen LogP contribution in [0.1, 0.15) is 103 Å². The highest BCUT2D eigenvalue weighted by Crippen LogP contribution is 2.43. The SMILES string of the molecule is CCCCCCCCCCCCCCCCSCC(CCNS(C)(=O)=O)COP(=O)(O)OCC[N+](C)(C)C. The molecule has 2 atom stereocenters. The van der Waals surface area contributed by atoms with Crippen LogP contribution in [0.25, 0.3) is 0 Å². The molecule has 38 heavy (non-hydrogen) atoms. The van der Waals surface area contributed by atoms with Gasteiger partial charge in [0, 0.05) is 6.54 Å². The molecule has 0 spiro atoms. The van der Waals surface area contributed by atoms with Crippen molar-refractivity contribution >= 4 is 29.6 Å². The first kappa shape index (κ1) is 38.3. The van der Waals surface area contributed by atoms with Crippen molar-refractivity contribution < 1.29 is 31.4 Å². The second-order valence-corrected chi connectivity index (χ2v) is 16.0. The third-order valence-corrected chi connectivity index (χ3v) is 9.40. The number of thioether (sulfide) groups is 1. The van der Waals surface area contributed by atoms with Gasteiger partial charge in [0.2, 0.25) is 10.0 Å². The number of rotatable bonds is 28. The van der Waals surface area contributed by atoms with E-state index in [9.17, 15) is 17.9 Å². The highest BCUT2D eigenvalue weighted by molar-refractivity contribution is 7.99. The van der Waals surface area contributed by atoms with Gasteiger partial charge in [0.05, 0.1) is 34.0 Å². The van der Waals surface area contributed by atoms with E-state index in [4.69, 9.17) is 9.05 Å². The summed E-state index contributed by atoms with van der Waals surface area (Å²) in [5.41, 5.74) is 0. The van der Waals surface area contributed by atoms with Crippen LogP contribution < -0.4 is 4.72 Å². The highest BCUT2D eigenvalue weighted by Gasteiger charge is 2.24. The van der Waals surface area contributed by atoms with Crippen LogP contribution in [-0.4, -0.2) is 83.0 Å². The lowest BCUT2D eigenvalue weighted by Gasteiger charge is -2.24. The van der Waals surface area contributed by atoms with Gasteiger partial charge in [-0.2, -0.15) is 11.8 Å². The molecule has 0 rings (SSSR count). The molecule has 2 N–H and O–H groups in total. The smallest absolute Gasteiger partial charge is 0.329 e. The Balaban J connectivity index is 4.02. The third kappa shape index (κ3) is 29.3. The molecule has 0 aliphatic rings. The summed E-state index contributed by atoms with van der Waals surface area (Å²) < 4.78 is 48.5. The summed E-state index contributed by atoms with van der Waals surface area (Å²) in [6.07, 6.45) is 20.4. The van der Waals surface area contributed by atoms with E-state index in [0.29, 0.717) is 17.4 Å². The van der Waals surface area contributed by atoms with Crippen LogP contribution in [0.3, 0.4) is 0 Å². The number of phosphoric acid groups is 1. The van der Waals surface area contributed by atoms with E-state index in [1.54, 1.807) is 11.8 Å². The first-order valence-electron chi connectivity index (χ1n) is 14.8. The molecular formula is C27H60N2O6PS2+. The van der Waals surface area contributed by atoms with Crippen molar-refractivity contribution in [1.82, 2.24) is 4.72 Å². The zero-order valence-electron chi connectivity index (χ0n) is 25.1. The van der Waals surface area contributed by atoms with Crippen molar-refractivity contribution in [3.05, 3.63) is 0 Å². The second-order valence-electron chi connectivity index (χ2n) is 11.6. The van der Waals surface area contributed by atoms with Crippen molar-refractivity contribution in [2.75, 3.05) is 65.2 Å². The maximum absolute atomic E-state index is 12.2. The molecule has 2 unspecified atom stereocenters. The number of hydrogen-bond acceptors (Lipinski definition) is 6. The largest absolute Gasteiger partial charge is 0.472 e. The number of quaternary nitrogens is 1. The Kier molecular flexibility index (Phi) is 23.2. The van der Waals surface area contributed by atoms with Crippen molar-refractivity contribution in [3.63, 3.8) is 0 Å². The van der Waals surface area contributed by atoms with Crippen molar-refractivity contribution in [1.29, 1.82) is 0 Å². The zero-order chi connectivity index (χ0) is 28.8. The molecule has 0 aromatic rings. The Morgan fingerprint density at radius 1 is 0.868 bits per heavy atom. The normalized spacial score (nSPS) is 15.0. The maximum atomic E-state index is 12.2. The summed E-state index contributed by atoms with van der Waals surface area (Å²) in [7, 11) is -1.46. The van der Waals surface area contributed by atoms with Crippen molar-refractivity contribution in [2.24, 2.45) is 5.92 Å². The van der Waals surface area contributed by atoms with Gasteiger partial charge in [-0.15, -0.1) is 0 Å². The quantitative estimate of drug-likeness (QED) is 0.0590. The lowest BCUT2D eigenvalue weighted by Crippen LogP contribution is -2.37. The molecule has 230 valence electrons. The molecule has 0 aliphatic heterocycles. The van der Waals surface area contributed by atoms with E-state index in [2.05, 4.69) is 11.6 Å². The summed E-state index contributed by atoms with van der Waals surface area (Å²) in [6.45, 7) is 3.33. The molecule has 0 bridgehead atoms. The van der Waals surface area contributed by atoms with E-state index in [1.165, 1.54) is 83.5 Å². The predicted octanol–water partition coefficient (Wildman–Crippen LogP) is 6.60. The fourth-order valence-electron chi connectivity index (χ4n) is 3.98. The molecular weight excluding hydrogens is 543 g/mol. The number of hydrogen-bond donors (Lipinski definition) is 2.